The van der Waals surface area contributed by atoms with E-state index in [2.05, 4.69) is 21.3 Å². The molecule has 0 unspecified atom stereocenters. The molecule has 0 amide bonds. The third-order valence-corrected chi connectivity index (χ3v) is 2.97. The summed E-state index contributed by atoms with van der Waals surface area (Å²) in [7, 11) is -3.49. The van der Waals surface area contributed by atoms with Crippen molar-refractivity contribution < 1.29 is 8.42 Å². The smallest absolute Gasteiger partial charge is 0.229 e. The molecule has 0 saturated heterocycles. The largest absolute Gasteiger partial charge is 0.281 e. The normalized spacial score (nSPS) is 15.7. The van der Waals surface area contributed by atoms with Crippen molar-refractivity contribution in [1.29, 1.82) is 5.26 Å². The highest BCUT2D eigenvalue weighted by Crippen LogP contribution is 2.10. The highest BCUT2D eigenvalue weighted by molar-refractivity contribution is 7.88. The minimum atomic E-state index is -3.49. The number of halogens is 1. The number of sulfonamides is 1. The van der Waals surface area contributed by atoms with E-state index in [4.69, 9.17) is 16.9 Å². The molecule has 1 atom stereocenters. The fraction of sp³-hybridized carbons (Fsp3) is 0.308. The van der Waals surface area contributed by atoms with Gasteiger partial charge in [-0.1, -0.05) is 24.3 Å². The molecule has 6 nitrogen and oxygen atoms in total. The third kappa shape index (κ3) is 8.78. The minimum Gasteiger partial charge on any atom is -0.281 e. The van der Waals surface area contributed by atoms with E-state index in [1.165, 1.54) is 18.5 Å². The van der Waals surface area contributed by atoms with Crippen LogP contribution in [0.4, 0.5) is 0 Å². The summed E-state index contributed by atoms with van der Waals surface area (Å²) < 4.78 is 24.4. The molecule has 114 valence electrons. The fourth-order valence-electron chi connectivity index (χ4n) is 0.961. The van der Waals surface area contributed by atoms with Gasteiger partial charge in [-0.05, 0) is 19.9 Å². The van der Waals surface area contributed by atoms with Gasteiger partial charge in [0, 0.05) is 18.1 Å². The fourth-order valence-corrected chi connectivity index (χ4v) is 1.78. The van der Waals surface area contributed by atoms with Gasteiger partial charge in [-0.3, -0.25) is 9.71 Å². The van der Waals surface area contributed by atoms with Gasteiger partial charge in [0.2, 0.25) is 10.0 Å². The van der Waals surface area contributed by atoms with Gasteiger partial charge in [-0.15, -0.1) is 0 Å². The Morgan fingerprint density at radius 1 is 1.43 bits per heavy atom. The lowest BCUT2D eigenvalue weighted by molar-refractivity contribution is 0.595. The Labute approximate surface area is 130 Å². The highest BCUT2D eigenvalue weighted by atomic mass is 35.5. The van der Waals surface area contributed by atoms with E-state index in [0.717, 1.165) is 12.0 Å². The van der Waals surface area contributed by atoms with Crippen LogP contribution in [0, 0.1) is 17.2 Å². The zero-order valence-electron chi connectivity index (χ0n) is 12.0. The van der Waals surface area contributed by atoms with Crippen molar-refractivity contribution in [2.75, 3.05) is 6.26 Å². The summed E-state index contributed by atoms with van der Waals surface area (Å²) >= 11 is 5.86. The van der Waals surface area contributed by atoms with E-state index in [9.17, 15) is 8.42 Å². The monoisotopic (exact) mass is 328 g/mol. The zero-order chi connectivity index (χ0) is 16.5. The molecule has 0 aromatic carbocycles. The highest BCUT2D eigenvalue weighted by Gasteiger charge is 2.07. The van der Waals surface area contributed by atoms with E-state index in [-0.39, 0.29) is 10.9 Å². The predicted molar refractivity (Wildman–Crippen MR) is 86.6 cm³/mol. The van der Waals surface area contributed by atoms with Gasteiger partial charge < -0.3 is 0 Å². The molecule has 0 rings (SSSR count). The van der Waals surface area contributed by atoms with E-state index in [1.807, 2.05) is 13.0 Å². The van der Waals surface area contributed by atoms with Crippen molar-refractivity contribution in [2.24, 2.45) is 15.9 Å². The Morgan fingerprint density at radius 2 is 2.00 bits per heavy atom. The SMILES string of the molecule is C=C/C(NS(C)(=O)=O)=C(Cl)\N=C/[C@H](C#N)/C=N\C(C)=C\C. The van der Waals surface area contributed by atoms with Gasteiger partial charge in [0.05, 0.1) is 18.0 Å². The molecule has 0 aliphatic carbocycles. The van der Waals surface area contributed by atoms with Crippen molar-refractivity contribution in [3.63, 3.8) is 0 Å². The number of nitrogens with one attached hydrogen (secondary N) is 1. The maximum absolute atomic E-state index is 11.1. The summed E-state index contributed by atoms with van der Waals surface area (Å²) in [5.74, 6) is -0.682. The van der Waals surface area contributed by atoms with Gasteiger partial charge in [-0.2, -0.15) is 5.26 Å². The Morgan fingerprint density at radius 3 is 2.43 bits per heavy atom. The Bertz CT molecular complexity index is 640. The molecule has 0 saturated carbocycles. The van der Waals surface area contributed by atoms with Crippen LogP contribution >= 0.6 is 11.6 Å². The molecule has 8 heteroatoms. The van der Waals surface area contributed by atoms with Crippen molar-refractivity contribution in [1.82, 2.24) is 4.72 Å². The molecule has 0 aliphatic rings. The van der Waals surface area contributed by atoms with E-state index in [0.29, 0.717) is 0 Å². The quantitative estimate of drug-likeness (QED) is 0.441. The first-order valence-corrected chi connectivity index (χ1v) is 8.11. The molecular formula is C13H17ClN4O2S. The summed E-state index contributed by atoms with van der Waals surface area (Å²) in [6.45, 7) is 7.06. The molecule has 1 N–H and O–H groups in total. The topological polar surface area (TPSA) is 94.7 Å². The summed E-state index contributed by atoms with van der Waals surface area (Å²) in [5, 5.41) is 8.85. The lowest BCUT2D eigenvalue weighted by Crippen LogP contribution is -2.20. The second kappa shape index (κ2) is 9.10. The van der Waals surface area contributed by atoms with E-state index < -0.39 is 15.9 Å². The lowest BCUT2D eigenvalue weighted by Gasteiger charge is -2.04. The molecule has 0 bridgehead atoms. The first-order chi connectivity index (χ1) is 9.73. The van der Waals surface area contributed by atoms with E-state index >= 15 is 0 Å². The van der Waals surface area contributed by atoms with Crippen molar-refractivity contribution >= 4 is 34.1 Å². The molecule has 0 fully saturated rings. The average Bonchev–Trinajstić information content (AvgIpc) is 2.43. The lowest BCUT2D eigenvalue weighted by atomic mass is 10.2. The van der Waals surface area contributed by atoms with Crippen LogP contribution < -0.4 is 4.72 Å². The van der Waals surface area contributed by atoms with Crippen molar-refractivity contribution in [3.05, 3.63) is 35.3 Å². The number of allylic oxidation sites excluding steroid dienone is 3. The molecule has 0 spiro atoms. The summed E-state index contributed by atoms with van der Waals surface area (Å²) in [6, 6.07) is 1.97. The second-order valence-corrected chi connectivity index (χ2v) is 6.03. The van der Waals surface area contributed by atoms with Crippen LogP contribution in [0.1, 0.15) is 13.8 Å². The second-order valence-electron chi connectivity index (χ2n) is 3.92. The minimum absolute atomic E-state index is 0.0358. The van der Waals surface area contributed by atoms with Gasteiger partial charge in [0.15, 0.2) is 5.16 Å². The third-order valence-electron chi connectivity index (χ3n) is 2.08. The Balaban J connectivity index is 5.18. The van der Waals surface area contributed by atoms with Crippen LogP contribution in [0.2, 0.25) is 0 Å². The van der Waals surface area contributed by atoms with Crippen LogP contribution in [0.3, 0.4) is 0 Å². The van der Waals surface area contributed by atoms with Crippen LogP contribution in [-0.2, 0) is 10.0 Å². The Hall–Kier alpha value is -1.91. The molecule has 0 heterocycles. The number of rotatable bonds is 7. The van der Waals surface area contributed by atoms with Crippen molar-refractivity contribution in [3.8, 4) is 6.07 Å². The number of aliphatic imine (C=N–C) groups is 2. The molecule has 21 heavy (non-hydrogen) atoms. The van der Waals surface area contributed by atoms with Crippen molar-refractivity contribution in [2.45, 2.75) is 13.8 Å². The number of hydrogen-bond acceptors (Lipinski definition) is 5. The standard InChI is InChI=1S/C13H17ClN4O2S/c1-5-10(3)16-8-11(7-15)9-17-13(14)12(6-2)18-21(4,19)20/h5-6,8-9,11,18H,2H2,1,3-4H3/b10-5+,13-12+,16-8-,17-9-/t11-/m1/s1. The maximum Gasteiger partial charge on any atom is 0.229 e. The van der Waals surface area contributed by atoms with Gasteiger partial charge in [0.25, 0.3) is 0 Å². The number of hydrogen-bond donors (Lipinski definition) is 1. The van der Waals surface area contributed by atoms with Gasteiger partial charge in [0.1, 0.15) is 5.92 Å². The maximum atomic E-state index is 11.1. The Kier molecular flexibility index (Phi) is 8.28. The zero-order valence-corrected chi connectivity index (χ0v) is 13.6. The van der Waals surface area contributed by atoms with Crippen LogP contribution in [0.5, 0.6) is 0 Å². The van der Waals surface area contributed by atoms with Crippen LogP contribution in [0.15, 0.2) is 45.3 Å². The molecule has 0 radical (unpaired) electrons. The molecular weight excluding hydrogens is 312 g/mol. The number of nitriles is 1. The first-order valence-electron chi connectivity index (χ1n) is 5.84. The summed E-state index contributed by atoms with van der Waals surface area (Å²) in [6.07, 6.45) is 6.68. The first kappa shape index (κ1) is 19.1. The number of nitrogens with zero attached hydrogens (tertiary/aromatic N) is 3. The van der Waals surface area contributed by atoms with Crippen LogP contribution in [-0.4, -0.2) is 27.1 Å². The molecule has 0 aromatic rings. The molecule has 0 aliphatic heterocycles. The summed E-state index contributed by atoms with van der Waals surface area (Å²) in [4.78, 5) is 7.89. The van der Waals surface area contributed by atoms with E-state index in [1.54, 1.807) is 13.0 Å². The van der Waals surface area contributed by atoms with Crippen LogP contribution in [0.25, 0.3) is 0 Å². The van der Waals surface area contributed by atoms with Gasteiger partial charge in [-0.25, -0.2) is 13.4 Å². The molecule has 0 aromatic heterocycles. The average molecular weight is 329 g/mol. The van der Waals surface area contributed by atoms with Gasteiger partial charge >= 0.3 is 0 Å². The summed E-state index contributed by atoms with van der Waals surface area (Å²) in [5.41, 5.74) is 0.796. The predicted octanol–water partition coefficient (Wildman–Crippen LogP) is 2.33.